The Hall–Kier alpha value is -2.09. The van der Waals surface area contributed by atoms with E-state index < -0.39 is 0 Å². The minimum absolute atomic E-state index is 0.234. The molecule has 1 unspecified atom stereocenters. The molecule has 0 N–H and O–H groups in total. The Morgan fingerprint density at radius 2 is 2.03 bits per heavy atom. The van der Waals surface area contributed by atoms with Gasteiger partial charge in [-0.3, -0.25) is 9.89 Å². The van der Waals surface area contributed by atoms with Crippen LogP contribution >= 0.6 is 20.6 Å². The monoisotopic (exact) mass is 426 g/mol. The average molecular weight is 426 g/mol. The van der Waals surface area contributed by atoms with Crippen molar-refractivity contribution in [3.63, 3.8) is 0 Å². The van der Waals surface area contributed by atoms with Crippen LogP contribution < -0.4 is 0 Å². The lowest BCUT2D eigenvalue weighted by atomic mass is 10.1. The van der Waals surface area contributed by atoms with Crippen LogP contribution in [0.15, 0.2) is 53.4 Å². The summed E-state index contributed by atoms with van der Waals surface area (Å²) in [7, 11) is 2.48. The molecule has 0 amide bonds. The highest BCUT2D eigenvalue weighted by atomic mass is 32.1. The van der Waals surface area contributed by atoms with Gasteiger partial charge in [0.05, 0.1) is 18.1 Å². The Morgan fingerprint density at radius 1 is 1.24 bits per heavy atom. The first kappa shape index (κ1) is 21.6. The Balaban J connectivity index is 1.74. The van der Waals surface area contributed by atoms with Gasteiger partial charge in [0.1, 0.15) is 5.82 Å². The molecule has 2 aromatic rings. The lowest BCUT2D eigenvalue weighted by Gasteiger charge is -2.25. The number of ether oxygens (including phenoxy) is 1. The molecule has 0 aliphatic carbocycles. The maximum Gasteiger partial charge on any atom is 0.123 e. The summed E-state index contributed by atoms with van der Waals surface area (Å²) >= 11 is 1.63. The summed E-state index contributed by atoms with van der Waals surface area (Å²) in [5.41, 5.74) is 2.04. The number of morpholine rings is 1. The number of nitrogens with zero attached hydrogens (tertiary/aromatic N) is 2. The van der Waals surface area contributed by atoms with Crippen LogP contribution in [0.3, 0.4) is 0 Å². The van der Waals surface area contributed by atoms with Crippen LogP contribution in [0.5, 0.6) is 0 Å². The van der Waals surface area contributed by atoms with E-state index >= 15 is 0 Å². The largest absolute Gasteiger partial charge is 0.379 e. The first-order valence-electron chi connectivity index (χ1n) is 9.51. The van der Waals surface area contributed by atoms with Crippen molar-refractivity contribution in [1.82, 2.24) is 4.90 Å². The van der Waals surface area contributed by atoms with Crippen LogP contribution in [0.2, 0.25) is 0 Å². The molecular weight excluding hydrogens is 402 g/mol. The van der Waals surface area contributed by atoms with Crippen LogP contribution in [0.1, 0.15) is 16.9 Å². The van der Waals surface area contributed by atoms with Gasteiger partial charge in [-0.2, -0.15) is 0 Å². The van der Waals surface area contributed by atoms with Crippen molar-refractivity contribution in [2.45, 2.75) is 6.42 Å². The molecular formula is C23H24FN2OPS. The van der Waals surface area contributed by atoms with Gasteiger partial charge in [-0.05, 0) is 41.2 Å². The lowest BCUT2D eigenvalue weighted by Crippen LogP contribution is -2.36. The third-order valence-electron chi connectivity index (χ3n) is 4.36. The Morgan fingerprint density at radius 3 is 2.79 bits per heavy atom. The van der Waals surface area contributed by atoms with Crippen LogP contribution in [-0.4, -0.2) is 44.0 Å². The zero-order valence-corrected chi connectivity index (χ0v) is 18.2. The first-order valence-corrected chi connectivity index (χ1v) is 11.0. The van der Waals surface area contributed by atoms with Crippen LogP contribution in [0.25, 0.3) is 16.5 Å². The van der Waals surface area contributed by atoms with Gasteiger partial charge in [0.25, 0.3) is 0 Å². The number of halogens is 1. The first-order chi connectivity index (χ1) is 14.3. The Bertz CT molecular complexity index is 932. The van der Waals surface area contributed by atoms with Crippen molar-refractivity contribution < 1.29 is 9.13 Å². The summed E-state index contributed by atoms with van der Waals surface area (Å²) < 4.78 is 18.7. The van der Waals surface area contributed by atoms with Gasteiger partial charge in [-0.25, -0.2) is 4.39 Å². The van der Waals surface area contributed by atoms with Gasteiger partial charge in [-0.1, -0.05) is 30.0 Å². The summed E-state index contributed by atoms with van der Waals surface area (Å²) in [5.74, 6) is 8.14. The van der Waals surface area contributed by atoms with Gasteiger partial charge in [0, 0.05) is 43.3 Å². The second-order valence-corrected chi connectivity index (χ2v) is 7.84. The summed E-state index contributed by atoms with van der Waals surface area (Å²) in [6.07, 6.45) is 8.18. The zero-order chi connectivity index (χ0) is 20.3. The van der Waals surface area contributed by atoms with E-state index in [9.17, 15) is 4.39 Å². The second-order valence-electron chi connectivity index (χ2n) is 6.41. The van der Waals surface area contributed by atoms with Crippen molar-refractivity contribution in [3.05, 3.63) is 64.7 Å². The number of aliphatic imine (C=N–C) groups is 1. The predicted molar refractivity (Wildman–Crippen MR) is 125 cm³/mol. The van der Waals surface area contributed by atoms with E-state index in [1.807, 2.05) is 12.2 Å². The van der Waals surface area contributed by atoms with Gasteiger partial charge in [0.2, 0.25) is 0 Å². The summed E-state index contributed by atoms with van der Waals surface area (Å²) in [5, 5.41) is 0. The van der Waals surface area contributed by atoms with Gasteiger partial charge in [0.15, 0.2) is 0 Å². The molecule has 0 saturated carbocycles. The third kappa shape index (κ3) is 7.03. The summed E-state index contributed by atoms with van der Waals surface area (Å²) in [6.45, 7) is 4.56. The molecule has 0 radical (unpaired) electrons. The van der Waals surface area contributed by atoms with Crippen molar-refractivity contribution in [1.29, 1.82) is 0 Å². The normalized spacial score (nSPS) is 15.4. The summed E-state index contributed by atoms with van der Waals surface area (Å²) in [6, 6.07) is 8.67. The van der Waals surface area contributed by atoms with Crippen molar-refractivity contribution in [2.24, 2.45) is 4.99 Å². The van der Waals surface area contributed by atoms with Crippen molar-refractivity contribution in [3.8, 4) is 22.3 Å². The van der Waals surface area contributed by atoms with Crippen LogP contribution in [0, 0.1) is 17.7 Å². The molecule has 1 aliphatic rings. The van der Waals surface area contributed by atoms with E-state index in [1.165, 1.54) is 12.1 Å². The number of benzene rings is 1. The molecule has 1 aliphatic heterocycles. The number of rotatable bonds is 6. The number of thiophene rings is 1. The fraction of sp³-hybridized carbons (Fsp3) is 0.261. The van der Waals surface area contributed by atoms with Gasteiger partial charge < -0.3 is 4.74 Å². The van der Waals surface area contributed by atoms with E-state index in [4.69, 9.17) is 4.74 Å². The van der Waals surface area contributed by atoms with E-state index in [-0.39, 0.29) is 5.82 Å². The highest BCUT2D eigenvalue weighted by molar-refractivity contribution is 7.20. The van der Waals surface area contributed by atoms with Crippen LogP contribution in [0.4, 0.5) is 4.39 Å². The summed E-state index contributed by atoms with van der Waals surface area (Å²) in [4.78, 5) is 8.60. The Labute approximate surface area is 178 Å². The molecule has 0 bridgehead atoms. The quantitative estimate of drug-likeness (QED) is 0.367. The fourth-order valence-electron chi connectivity index (χ4n) is 2.90. The highest BCUT2D eigenvalue weighted by Crippen LogP contribution is 2.33. The van der Waals surface area contributed by atoms with Crippen LogP contribution in [-0.2, 0) is 4.74 Å². The zero-order valence-electron chi connectivity index (χ0n) is 16.2. The van der Waals surface area contributed by atoms with E-state index in [0.717, 1.165) is 60.2 Å². The molecule has 2 heterocycles. The molecule has 0 spiro atoms. The molecule has 1 fully saturated rings. The second kappa shape index (κ2) is 11.8. The average Bonchev–Trinajstić information content (AvgIpc) is 3.15. The minimum atomic E-state index is -0.234. The maximum atomic E-state index is 13.3. The van der Waals surface area contributed by atoms with E-state index in [0.29, 0.717) is 0 Å². The highest BCUT2D eigenvalue weighted by Gasteiger charge is 2.10. The van der Waals surface area contributed by atoms with Crippen molar-refractivity contribution >= 4 is 32.9 Å². The smallest absolute Gasteiger partial charge is 0.123 e. The molecule has 29 heavy (non-hydrogen) atoms. The molecule has 3 nitrogen and oxygen atoms in total. The van der Waals surface area contributed by atoms with Crippen molar-refractivity contribution in [2.75, 3.05) is 32.8 Å². The Kier molecular flexibility index (Phi) is 8.80. The fourth-order valence-corrected chi connectivity index (χ4v) is 4.03. The molecule has 1 aromatic carbocycles. The molecule has 150 valence electrons. The molecule has 3 rings (SSSR count). The molecule has 1 aromatic heterocycles. The standard InChI is InChI=1S/C23H24FN2OPS/c24-21-8-6-19(7-9-21)23-20(4-3-10-25-11-17-28)18-22(29-23)5-1-2-12-26-13-15-27-16-14-26/h3-4,6-11,17-18H,2,12-16,28H2/b4-3+,17-11-,25-10-. The number of hydrogen-bond donors (Lipinski definition) is 0. The topological polar surface area (TPSA) is 24.8 Å². The molecule has 1 saturated heterocycles. The minimum Gasteiger partial charge on any atom is -0.379 e. The maximum absolute atomic E-state index is 13.3. The number of allylic oxidation sites excluding steroid dienone is 1. The number of hydrogen-bond acceptors (Lipinski definition) is 4. The third-order valence-corrected chi connectivity index (χ3v) is 5.64. The van der Waals surface area contributed by atoms with Gasteiger partial charge in [-0.15, -0.1) is 20.6 Å². The SMILES string of the molecule is Fc1ccc(-c2sc(C#CCCN3CCOCC3)cc2/C=C/C=N\C=C/P)cc1. The molecule has 1 atom stereocenters. The lowest BCUT2D eigenvalue weighted by molar-refractivity contribution is 0.0390. The van der Waals surface area contributed by atoms with E-state index in [2.05, 4.69) is 37.0 Å². The molecule has 6 heteroatoms. The predicted octanol–water partition coefficient (Wildman–Crippen LogP) is 5.06. The van der Waals surface area contributed by atoms with E-state index in [1.54, 1.807) is 41.7 Å². The van der Waals surface area contributed by atoms with Gasteiger partial charge >= 0.3 is 0 Å².